The van der Waals surface area contributed by atoms with Gasteiger partial charge in [-0.3, -0.25) is 0 Å². The number of aromatic amines is 1. The normalized spacial score (nSPS) is 12.7. The van der Waals surface area contributed by atoms with Crippen LogP contribution in [0.1, 0.15) is 18.3 Å². The second-order valence-corrected chi connectivity index (χ2v) is 4.29. The number of nitrogens with zero attached hydrogens (tertiary/aromatic N) is 1. The third-order valence-corrected chi connectivity index (χ3v) is 2.51. The molecule has 0 aliphatic heterocycles. The molecule has 2 rings (SSSR count). The lowest BCUT2D eigenvalue weighted by Gasteiger charge is -2.01. The molecule has 0 amide bonds. The van der Waals surface area contributed by atoms with E-state index in [1.165, 1.54) is 5.56 Å². The molecule has 3 nitrogen and oxygen atoms in total. The third kappa shape index (κ3) is 2.49. The summed E-state index contributed by atoms with van der Waals surface area (Å²) in [6, 6.07) is 8.52. The summed E-state index contributed by atoms with van der Waals surface area (Å²) in [5.74, 6) is 0.950. The average molecular weight is 215 g/mol. The first-order chi connectivity index (χ1) is 7.65. The maximum absolute atomic E-state index is 5.73. The number of hydrogen-bond donors (Lipinski definition) is 2. The number of hydrogen-bond acceptors (Lipinski definition) is 2. The van der Waals surface area contributed by atoms with Crippen molar-refractivity contribution >= 4 is 0 Å². The lowest BCUT2D eigenvalue weighted by molar-refractivity contribution is 0.710. The van der Waals surface area contributed by atoms with Crippen molar-refractivity contribution < 1.29 is 0 Å². The number of nitrogens with one attached hydrogen (secondary N) is 1. The van der Waals surface area contributed by atoms with E-state index in [1.54, 1.807) is 0 Å². The molecule has 0 aliphatic carbocycles. The first-order valence-electron chi connectivity index (χ1n) is 5.51. The van der Waals surface area contributed by atoms with Crippen molar-refractivity contribution in [3.8, 4) is 11.3 Å². The van der Waals surface area contributed by atoms with Gasteiger partial charge in [0, 0.05) is 12.5 Å². The third-order valence-electron chi connectivity index (χ3n) is 2.51. The second-order valence-electron chi connectivity index (χ2n) is 4.29. The Kier molecular flexibility index (Phi) is 3.06. The Morgan fingerprint density at radius 1 is 1.31 bits per heavy atom. The van der Waals surface area contributed by atoms with E-state index in [4.69, 9.17) is 5.73 Å². The van der Waals surface area contributed by atoms with Crippen LogP contribution in [0.5, 0.6) is 0 Å². The zero-order valence-corrected chi connectivity index (χ0v) is 9.70. The van der Waals surface area contributed by atoms with Gasteiger partial charge in [-0.1, -0.05) is 29.8 Å². The van der Waals surface area contributed by atoms with Crippen LogP contribution >= 0.6 is 0 Å². The van der Waals surface area contributed by atoms with E-state index in [2.05, 4.69) is 41.2 Å². The van der Waals surface area contributed by atoms with Gasteiger partial charge in [0.25, 0.3) is 0 Å². The highest BCUT2D eigenvalue weighted by atomic mass is 14.9. The number of aromatic nitrogens is 2. The molecule has 16 heavy (non-hydrogen) atoms. The standard InChI is InChI=1S/C13H17N3/c1-9-3-5-11(6-4-9)12-8-15-13(16-12)7-10(2)14/h3-6,8,10H,7,14H2,1-2H3,(H,15,16). The zero-order valence-electron chi connectivity index (χ0n) is 9.70. The Morgan fingerprint density at radius 2 is 2.00 bits per heavy atom. The molecule has 0 bridgehead atoms. The summed E-state index contributed by atoms with van der Waals surface area (Å²) in [7, 11) is 0. The molecule has 1 unspecified atom stereocenters. The van der Waals surface area contributed by atoms with Gasteiger partial charge in [-0.25, -0.2) is 4.98 Å². The number of H-pyrrole nitrogens is 1. The summed E-state index contributed by atoms with van der Waals surface area (Å²) in [6.07, 6.45) is 2.65. The van der Waals surface area contributed by atoms with Crippen molar-refractivity contribution in [3.63, 3.8) is 0 Å². The van der Waals surface area contributed by atoms with Gasteiger partial charge in [-0.15, -0.1) is 0 Å². The van der Waals surface area contributed by atoms with Crippen molar-refractivity contribution in [2.75, 3.05) is 0 Å². The first kappa shape index (κ1) is 10.9. The minimum Gasteiger partial charge on any atom is -0.342 e. The van der Waals surface area contributed by atoms with E-state index >= 15 is 0 Å². The second kappa shape index (κ2) is 4.49. The lowest BCUT2D eigenvalue weighted by atomic mass is 10.1. The summed E-state index contributed by atoms with van der Waals surface area (Å²) < 4.78 is 0. The Hall–Kier alpha value is -1.61. The fourth-order valence-corrected chi connectivity index (χ4v) is 1.65. The van der Waals surface area contributed by atoms with Crippen LogP contribution < -0.4 is 5.73 Å². The highest BCUT2D eigenvalue weighted by Crippen LogP contribution is 2.17. The molecule has 1 aromatic carbocycles. The van der Waals surface area contributed by atoms with Gasteiger partial charge in [0.15, 0.2) is 0 Å². The molecule has 1 aromatic heterocycles. The molecule has 3 N–H and O–H groups in total. The van der Waals surface area contributed by atoms with Crippen LogP contribution in [0.3, 0.4) is 0 Å². The number of benzene rings is 1. The highest BCUT2D eigenvalue weighted by molar-refractivity contribution is 5.58. The van der Waals surface area contributed by atoms with Gasteiger partial charge in [0.2, 0.25) is 0 Å². The van der Waals surface area contributed by atoms with Crippen molar-refractivity contribution in [1.29, 1.82) is 0 Å². The summed E-state index contributed by atoms with van der Waals surface area (Å²) in [5.41, 5.74) is 9.21. The van der Waals surface area contributed by atoms with Crippen molar-refractivity contribution in [3.05, 3.63) is 41.9 Å². The molecule has 0 aliphatic rings. The van der Waals surface area contributed by atoms with E-state index in [0.29, 0.717) is 0 Å². The predicted octanol–water partition coefficient (Wildman–Crippen LogP) is 2.27. The number of imidazole rings is 1. The van der Waals surface area contributed by atoms with Crippen LogP contribution in [0.15, 0.2) is 30.5 Å². The summed E-state index contributed by atoms with van der Waals surface area (Å²) in [5, 5.41) is 0. The van der Waals surface area contributed by atoms with Gasteiger partial charge < -0.3 is 10.7 Å². The average Bonchev–Trinajstić information content (AvgIpc) is 2.66. The number of rotatable bonds is 3. The molecule has 0 spiro atoms. The van der Waals surface area contributed by atoms with E-state index in [9.17, 15) is 0 Å². The fourth-order valence-electron chi connectivity index (χ4n) is 1.65. The Morgan fingerprint density at radius 3 is 2.62 bits per heavy atom. The largest absolute Gasteiger partial charge is 0.342 e. The highest BCUT2D eigenvalue weighted by Gasteiger charge is 2.04. The van der Waals surface area contributed by atoms with E-state index in [1.807, 2.05) is 13.1 Å². The van der Waals surface area contributed by atoms with Crippen LogP contribution in [0, 0.1) is 6.92 Å². The fraction of sp³-hybridized carbons (Fsp3) is 0.308. The summed E-state index contributed by atoms with van der Waals surface area (Å²) >= 11 is 0. The number of aryl methyl sites for hydroxylation is 1. The monoisotopic (exact) mass is 215 g/mol. The smallest absolute Gasteiger partial charge is 0.108 e. The van der Waals surface area contributed by atoms with Crippen molar-refractivity contribution in [2.24, 2.45) is 5.73 Å². The maximum Gasteiger partial charge on any atom is 0.108 e. The van der Waals surface area contributed by atoms with Crippen molar-refractivity contribution in [1.82, 2.24) is 9.97 Å². The lowest BCUT2D eigenvalue weighted by Crippen LogP contribution is -2.18. The van der Waals surface area contributed by atoms with Crippen LogP contribution in [0.4, 0.5) is 0 Å². The molecule has 1 atom stereocenters. The van der Waals surface area contributed by atoms with Crippen LogP contribution in [-0.2, 0) is 6.42 Å². The van der Waals surface area contributed by atoms with E-state index in [0.717, 1.165) is 23.5 Å². The maximum atomic E-state index is 5.73. The Bertz CT molecular complexity index is 454. The van der Waals surface area contributed by atoms with Gasteiger partial charge in [0.1, 0.15) is 5.82 Å². The molecule has 3 heteroatoms. The SMILES string of the molecule is Cc1ccc(-c2cnc(CC(C)N)[nH]2)cc1. The molecular weight excluding hydrogens is 198 g/mol. The molecule has 0 saturated heterocycles. The van der Waals surface area contributed by atoms with Crippen LogP contribution in [0.2, 0.25) is 0 Å². The predicted molar refractivity (Wildman–Crippen MR) is 66.1 cm³/mol. The number of nitrogens with two attached hydrogens (primary N) is 1. The molecule has 0 radical (unpaired) electrons. The van der Waals surface area contributed by atoms with E-state index < -0.39 is 0 Å². The Balaban J connectivity index is 2.21. The van der Waals surface area contributed by atoms with E-state index in [-0.39, 0.29) is 6.04 Å². The minimum atomic E-state index is 0.136. The van der Waals surface area contributed by atoms with Gasteiger partial charge in [-0.2, -0.15) is 0 Å². The Labute approximate surface area is 95.7 Å². The molecule has 2 aromatic rings. The van der Waals surface area contributed by atoms with Gasteiger partial charge in [0.05, 0.1) is 11.9 Å². The topological polar surface area (TPSA) is 54.7 Å². The molecule has 0 fully saturated rings. The molecule has 1 heterocycles. The molecular formula is C13H17N3. The van der Waals surface area contributed by atoms with Crippen molar-refractivity contribution in [2.45, 2.75) is 26.3 Å². The van der Waals surface area contributed by atoms with Crippen LogP contribution in [-0.4, -0.2) is 16.0 Å². The molecule has 0 saturated carbocycles. The summed E-state index contributed by atoms with van der Waals surface area (Å²) in [4.78, 5) is 7.61. The minimum absolute atomic E-state index is 0.136. The summed E-state index contributed by atoms with van der Waals surface area (Å²) in [6.45, 7) is 4.06. The van der Waals surface area contributed by atoms with Crippen LogP contribution in [0.25, 0.3) is 11.3 Å². The van der Waals surface area contributed by atoms with Gasteiger partial charge >= 0.3 is 0 Å². The first-order valence-corrected chi connectivity index (χ1v) is 5.51. The molecule has 84 valence electrons. The zero-order chi connectivity index (χ0) is 11.5. The quantitative estimate of drug-likeness (QED) is 0.825. The van der Waals surface area contributed by atoms with Gasteiger partial charge in [-0.05, 0) is 19.4 Å².